The van der Waals surface area contributed by atoms with Crippen LogP contribution in [0.5, 0.6) is 5.75 Å². The number of benzene rings is 1. The van der Waals surface area contributed by atoms with Crippen molar-refractivity contribution in [3.05, 3.63) is 29.3 Å². The molecule has 1 aromatic carbocycles. The van der Waals surface area contributed by atoms with Crippen molar-refractivity contribution in [2.24, 2.45) is 11.7 Å². The topological polar surface area (TPSA) is 35.2 Å². The van der Waals surface area contributed by atoms with Gasteiger partial charge in [0.1, 0.15) is 5.75 Å². The first kappa shape index (κ1) is 13.0. The van der Waals surface area contributed by atoms with Gasteiger partial charge in [-0.3, -0.25) is 0 Å². The smallest absolute Gasteiger partial charge is 0.122 e. The minimum atomic E-state index is 0.570. The van der Waals surface area contributed by atoms with Gasteiger partial charge in [-0.05, 0) is 43.9 Å². The van der Waals surface area contributed by atoms with E-state index in [1.807, 2.05) is 6.07 Å². The summed E-state index contributed by atoms with van der Waals surface area (Å²) in [5, 5.41) is 0. The molecule has 0 bridgehead atoms. The molecule has 0 aliphatic rings. The Kier molecular flexibility index (Phi) is 5.33. The van der Waals surface area contributed by atoms with Crippen LogP contribution in [0.2, 0.25) is 0 Å². The average molecular weight is 221 g/mol. The molecule has 90 valence electrons. The lowest BCUT2D eigenvalue weighted by Crippen LogP contribution is -2.17. The first-order valence-electron chi connectivity index (χ1n) is 6.04. The molecular weight excluding hydrogens is 198 g/mol. The molecule has 0 spiro atoms. The highest BCUT2D eigenvalue weighted by atomic mass is 16.5. The molecule has 0 fully saturated rings. The fourth-order valence-electron chi connectivity index (χ4n) is 2.09. The van der Waals surface area contributed by atoms with Crippen molar-refractivity contribution >= 4 is 0 Å². The number of aryl methyl sites for hydroxylation is 1. The molecule has 16 heavy (non-hydrogen) atoms. The molecule has 0 aliphatic carbocycles. The molecule has 2 nitrogen and oxygen atoms in total. The molecule has 2 N–H and O–H groups in total. The molecule has 0 saturated carbocycles. The second kappa shape index (κ2) is 6.54. The Morgan fingerprint density at radius 3 is 2.69 bits per heavy atom. The van der Waals surface area contributed by atoms with Crippen molar-refractivity contribution in [1.29, 1.82) is 0 Å². The lowest BCUT2D eigenvalue weighted by atomic mass is 9.94. The summed E-state index contributed by atoms with van der Waals surface area (Å²) >= 11 is 0. The third-order valence-electron chi connectivity index (χ3n) is 2.97. The maximum Gasteiger partial charge on any atom is 0.122 e. The molecule has 0 saturated heterocycles. The predicted octanol–water partition coefficient (Wildman–Crippen LogP) is 2.92. The zero-order valence-corrected chi connectivity index (χ0v) is 10.6. The van der Waals surface area contributed by atoms with Gasteiger partial charge in [0.05, 0.1) is 7.11 Å². The molecule has 1 unspecified atom stereocenters. The van der Waals surface area contributed by atoms with E-state index in [2.05, 4.69) is 26.0 Å². The van der Waals surface area contributed by atoms with Gasteiger partial charge in [-0.1, -0.05) is 31.0 Å². The van der Waals surface area contributed by atoms with Crippen molar-refractivity contribution in [3.8, 4) is 5.75 Å². The Labute approximate surface area is 98.8 Å². The fraction of sp³-hybridized carbons (Fsp3) is 0.571. The number of rotatable bonds is 6. The molecule has 0 heterocycles. The zero-order valence-electron chi connectivity index (χ0n) is 10.6. The van der Waals surface area contributed by atoms with E-state index in [1.54, 1.807) is 7.11 Å². The van der Waals surface area contributed by atoms with E-state index in [9.17, 15) is 0 Å². The number of hydrogen-bond acceptors (Lipinski definition) is 2. The molecule has 1 aromatic rings. The van der Waals surface area contributed by atoms with Crippen LogP contribution in [-0.2, 0) is 6.42 Å². The van der Waals surface area contributed by atoms with E-state index in [4.69, 9.17) is 10.5 Å². The Balaban J connectivity index is 2.80. The summed E-state index contributed by atoms with van der Waals surface area (Å²) in [4.78, 5) is 0. The Morgan fingerprint density at radius 2 is 2.12 bits per heavy atom. The number of nitrogens with two attached hydrogens (primary N) is 1. The number of ether oxygens (including phenoxy) is 1. The third kappa shape index (κ3) is 3.53. The quantitative estimate of drug-likeness (QED) is 0.801. The number of hydrogen-bond donors (Lipinski definition) is 1. The van der Waals surface area contributed by atoms with Crippen LogP contribution in [0.4, 0.5) is 0 Å². The Morgan fingerprint density at radius 1 is 1.38 bits per heavy atom. The number of methoxy groups -OCH3 is 1. The van der Waals surface area contributed by atoms with E-state index < -0.39 is 0 Å². The summed E-state index contributed by atoms with van der Waals surface area (Å²) in [7, 11) is 1.73. The molecule has 1 rings (SSSR count). The monoisotopic (exact) mass is 221 g/mol. The summed E-state index contributed by atoms with van der Waals surface area (Å²) in [5.74, 6) is 1.56. The largest absolute Gasteiger partial charge is 0.496 e. The van der Waals surface area contributed by atoms with Crippen LogP contribution in [0.1, 0.15) is 30.9 Å². The highest BCUT2D eigenvalue weighted by molar-refractivity contribution is 5.37. The maximum atomic E-state index is 5.80. The summed E-state index contributed by atoms with van der Waals surface area (Å²) < 4.78 is 5.38. The molecule has 0 amide bonds. The first-order chi connectivity index (χ1) is 7.71. The van der Waals surface area contributed by atoms with Gasteiger partial charge in [0.15, 0.2) is 0 Å². The second-order valence-corrected chi connectivity index (χ2v) is 4.41. The van der Waals surface area contributed by atoms with Crippen LogP contribution >= 0.6 is 0 Å². The lowest BCUT2D eigenvalue weighted by Gasteiger charge is -2.16. The zero-order chi connectivity index (χ0) is 12.0. The summed E-state index contributed by atoms with van der Waals surface area (Å²) in [6.07, 6.45) is 3.40. The Hall–Kier alpha value is -1.02. The molecule has 1 atom stereocenters. The normalized spacial score (nSPS) is 12.5. The lowest BCUT2D eigenvalue weighted by molar-refractivity contribution is 0.401. The summed E-state index contributed by atoms with van der Waals surface area (Å²) in [5.41, 5.74) is 8.36. The minimum Gasteiger partial charge on any atom is -0.496 e. The van der Waals surface area contributed by atoms with Crippen molar-refractivity contribution in [2.75, 3.05) is 13.7 Å². The van der Waals surface area contributed by atoms with Crippen molar-refractivity contribution in [3.63, 3.8) is 0 Å². The van der Waals surface area contributed by atoms with Crippen LogP contribution in [0, 0.1) is 12.8 Å². The van der Waals surface area contributed by atoms with Gasteiger partial charge in [0, 0.05) is 0 Å². The minimum absolute atomic E-state index is 0.570. The standard InChI is InChI=1S/C14H23NO/c1-4-5-12(10-15)9-13-8-11(2)6-7-14(13)16-3/h6-8,12H,4-5,9-10,15H2,1-3H3. The Bertz CT molecular complexity index is 323. The van der Waals surface area contributed by atoms with E-state index >= 15 is 0 Å². The van der Waals surface area contributed by atoms with E-state index in [0.717, 1.165) is 18.7 Å². The highest BCUT2D eigenvalue weighted by Crippen LogP contribution is 2.24. The van der Waals surface area contributed by atoms with Gasteiger partial charge in [-0.2, -0.15) is 0 Å². The van der Waals surface area contributed by atoms with Crippen LogP contribution in [0.25, 0.3) is 0 Å². The van der Waals surface area contributed by atoms with Crippen LogP contribution < -0.4 is 10.5 Å². The van der Waals surface area contributed by atoms with Crippen molar-refractivity contribution in [2.45, 2.75) is 33.1 Å². The van der Waals surface area contributed by atoms with Crippen molar-refractivity contribution in [1.82, 2.24) is 0 Å². The van der Waals surface area contributed by atoms with E-state index in [0.29, 0.717) is 5.92 Å². The van der Waals surface area contributed by atoms with E-state index in [-0.39, 0.29) is 0 Å². The second-order valence-electron chi connectivity index (χ2n) is 4.41. The van der Waals surface area contributed by atoms with Crippen LogP contribution in [0.3, 0.4) is 0 Å². The van der Waals surface area contributed by atoms with Gasteiger partial charge < -0.3 is 10.5 Å². The maximum absolute atomic E-state index is 5.80. The summed E-state index contributed by atoms with van der Waals surface area (Å²) in [6, 6.07) is 6.33. The molecule has 0 radical (unpaired) electrons. The first-order valence-corrected chi connectivity index (χ1v) is 6.04. The van der Waals surface area contributed by atoms with Crippen LogP contribution in [-0.4, -0.2) is 13.7 Å². The highest BCUT2D eigenvalue weighted by Gasteiger charge is 2.10. The molecule has 0 aromatic heterocycles. The third-order valence-corrected chi connectivity index (χ3v) is 2.97. The fourth-order valence-corrected chi connectivity index (χ4v) is 2.09. The molecule has 2 heteroatoms. The van der Waals surface area contributed by atoms with Gasteiger partial charge in [-0.25, -0.2) is 0 Å². The van der Waals surface area contributed by atoms with Gasteiger partial charge in [-0.15, -0.1) is 0 Å². The van der Waals surface area contributed by atoms with Crippen molar-refractivity contribution < 1.29 is 4.74 Å². The SMILES string of the molecule is CCCC(CN)Cc1cc(C)ccc1OC. The predicted molar refractivity (Wildman–Crippen MR) is 68.9 cm³/mol. The van der Waals surface area contributed by atoms with E-state index in [1.165, 1.54) is 24.0 Å². The average Bonchev–Trinajstić information content (AvgIpc) is 2.29. The van der Waals surface area contributed by atoms with Gasteiger partial charge in [0.2, 0.25) is 0 Å². The molecule has 0 aliphatic heterocycles. The van der Waals surface area contributed by atoms with Gasteiger partial charge in [0.25, 0.3) is 0 Å². The van der Waals surface area contributed by atoms with Crippen LogP contribution in [0.15, 0.2) is 18.2 Å². The summed E-state index contributed by atoms with van der Waals surface area (Å²) in [6.45, 7) is 5.07. The molecular formula is C14H23NO. The van der Waals surface area contributed by atoms with Gasteiger partial charge >= 0.3 is 0 Å².